The van der Waals surface area contributed by atoms with Crippen LogP contribution in [0, 0.1) is 11.7 Å². The molecule has 2 nitrogen and oxygen atoms in total. The third-order valence-corrected chi connectivity index (χ3v) is 6.09. The van der Waals surface area contributed by atoms with Crippen LogP contribution in [0.15, 0.2) is 28.7 Å². The molecule has 0 spiro atoms. The summed E-state index contributed by atoms with van der Waals surface area (Å²) in [6, 6.07) is 7.30. The largest absolute Gasteiger partial charge is 0.311 e. The zero-order chi connectivity index (χ0) is 17.5. The van der Waals surface area contributed by atoms with Gasteiger partial charge < -0.3 is 5.32 Å². The molecule has 1 N–H and O–H groups in total. The molecule has 0 radical (unpaired) electrons. The summed E-state index contributed by atoms with van der Waals surface area (Å²) in [6.45, 7) is 4.46. The van der Waals surface area contributed by atoms with Crippen LogP contribution in [0.4, 0.5) is 4.39 Å². The van der Waals surface area contributed by atoms with E-state index in [-0.39, 0.29) is 5.82 Å². The maximum absolute atomic E-state index is 13.0. The van der Waals surface area contributed by atoms with E-state index in [1.54, 1.807) is 12.1 Å². The summed E-state index contributed by atoms with van der Waals surface area (Å²) >= 11 is 3.63. The highest BCUT2D eigenvalue weighted by atomic mass is 79.9. The summed E-state index contributed by atoms with van der Waals surface area (Å²) in [4.78, 5) is 2.72. The van der Waals surface area contributed by atoms with Crippen molar-refractivity contribution in [1.29, 1.82) is 0 Å². The van der Waals surface area contributed by atoms with Gasteiger partial charge in [-0.25, -0.2) is 4.39 Å². The molecule has 0 bridgehead atoms. The van der Waals surface area contributed by atoms with Crippen LogP contribution in [0.3, 0.4) is 0 Å². The fourth-order valence-corrected chi connectivity index (χ4v) is 4.68. The zero-order valence-corrected chi connectivity index (χ0v) is 16.6. The lowest BCUT2D eigenvalue weighted by Crippen LogP contribution is -2.41. The number of rotatable bonds is 7. The topological polar surface area (TPSA) is 15.3 Å². The van der Waals surface area contributed by atoms with E-state index in [1.165, 1.54) is 70.2 Å². The summed E-state index contributed by atoms with van der Waals surface area (Å²) < 4.78 is 14.1. The molecule has 0 amide bonds. The minimum Gasteiger partial charge on any atom is -0.311 e. The molecule has 0 aromatic heterocycles. The summed E-state index contributed by atoms with van der Waals surface area (Å²) in [7, 11) is 0. The van der Waals surface area contributed by atoms with Crippen molar-refractivity contribution < 1.29 is 4.39 Å². The highest BCUT2D eigenvalue weighted by molar-refractivity contribution is 9.11. The Morgan fingerprint density at radius 2 is 1.88 bits per heavy atom. The number of hydrogen-bond acceptors (Lipinski definition) is 2. The van der Waals surface area contributed by atoms with Gasteiger partial charge in [-0.3, -0.25) is 4.90 Å². The van der Waals surface area contributed by atoms with Crippen molar-refractivity contribution in [1.82, 2.24) is 10.2 Å². The van der Waals surface area contributed by atoms with Crippen LogP contribution in [0.5, 0.6) is 0 Å². The molecule has 1 aliphatic heterocycles. The summed E-state index contributed by atoms with van der Waals surface area (Å²) in [5.41, 5.74) is 1.02. The van der Waals surface area contributed by atoms with Crippen molar-refractivity contribution in [2.45, 2.75) is 51.0 Å². The Balaban J connectivity index is 1.41. The van der Waals surface area contributed by atoms with Crippen LogP contribution >= 0.6 is 15.9 Å². The van der Waals surface area contributed by atoms with E-state index in [1.807, 2.05) is 0 Å². The Labute approximate surface area is 160 Å². The average molecular weight is 409 g/mol. The van der Waals surface area contributed by atoms with Crippen LogP contribution in [-0.2, 0) is 0 Å². The second-order valence-corrected chi connectivity index (χ2v) is 8.59. The van der Waals surface area contributed by atoms with Crippen LogP contribution in [-0.4, -0.2) is 37.1 Å². The predicted molar refractivity (Wildman–Crippen MR) is 107 cm³/mol. The van der Waals surface area contributed by atoms with Crippen molar-refractivity contribution in [2.24, 2.45) is 5.92 Å². The number of hydrogen-bond donors (Lipinski definition) is 1. The van der Waals surface area contributed by atoms with E-state index in [4.69, 9.17) is 0 Å². The Hall–Kier alpha value is -0.710. The standard InChI is InChI=1S/C21H30BrFN2/c22-19(13-17-8-10-20(23)11-9-17)14-24-15-21-7-4-12-25(21)16-18-5-2-1-3-6-18/h8-11,13,18,21,24H,1-7,12,14-16H2/b19-13-/t21-/m0/s1. The molecule has 138 valence electrons. The number of halogens is 2. The quantitative estimate of drug-likeness (QED) is 0.666. The lowest BCUT2D eigenvalue weighted by molar-refractivity contribution is 0.185. The van der Waals surface area contributed by atoms with Gasteiger partial charge in [0.25, 0.3) is 0 Å². The Kier molecular flexibility index (Phi) is 7.50. The van der Waals surface area contributed by atoms with Crippen molar-refractivity contribution >= 4 is 22.0 Å². The average Bonchev–Trinajstić information content (AvgIpc) is 3.05. The van der Waals surface area contributed by atoms with Crippen molar-refractivity contribution in [3.05, 3.63) is 40.1 Å². The molecule has 1 heterocycles. The van der Waals surface area contributed by atoms with Crippen LogP contribution in [0.1, 0.15) is 50.5 Å². The minimum absolute atomic E-state index is 0.189. The van der Waals surface area contributed by atoms with Gasteiger partial charge in [-0.15, -0.1) is 0 Å². The number of benzene rings is 1. The van der Waals surface area contributed by atoms with E-state index in [2.05, 4.69) is 32.2 Å². The maximum Gasteiger partial charge on any atom is 0.123 e. The van der Waals surface area contributed by atoms with E-state index in [9.17, 15) is 4.39 Å². The molecular weight excluding hydrogens is 379 g/mol. The number of nitrogens with one attached hydrogen (secondary N) is 1. The molecule has 3 rings (SSSR count). The van der Waals surface area contributed by atoms with Crippen molar-refractivity contribution in [2.75, 3.05) is 26.2 Å². The first-order chi connectivity index (χ1) is 12.2. The lowest BCUT2D eigenvalue weighted by atomic mass is 9.89. The van der Waals surface area contributed by atoms with Crippen LogP contribution in [0.2, 0.25) is 0 Å². The summed E-state index contributed by atoms with van der Waals surface area (Å²) in [5, 5.41) is 3.60. The van der Waals surface area contributed by atoms with E-state index >= 15 is 0 Å². The molecule has 1 saturated carbocycles. The normalized spacial score (nSPS) is 23.3. The van der Waals surface area contributed by atoms with Gasteiger partial charge >= 0.3 is 0 Å². The smallest absolute Gasteiger partial charge is 0.123 e. The van der Waals surface area contributed by atoms with Gasteiger partial charge in [0.2, 0.25) is 0 Å². The second kappa shape index (κ2) is 9.84. The molecule has 1 aromatic carbocycles. The zero-order valence-electron chi connectivity index (χ0n) is 15.0. The molecule has 2 fully saturated rings. The Morgan fingerprint density at radius 3 is 2.64 bits per heavy atom. The molecule has 25 heavy (non-hydrogen) atoms. The molecule has 1 atom stereocenters. The van der Waals surface area contributed by atoms with Crippen molar-refractivity contribution in [3.8, 4) is 0 Å². The lowest BCUT2D eigenvalue weighted by Gasteiger charge is -2.31. The molecule has 1 aliphatic carbocycles. The van der Waals surface area contributed by atoms with Gasteiger partial charge in [-0.1, -0.05) is 47.3 Å². The van der Waals surface area contributed by atoms with Gasteiger partial charge in [0.15, 0.2) is 0 Å². The van der Waals surface area contributed by atoms with Crippen molar-refractivity contribution in [3.63, 3.8) is 0 Å². The fraction of sp³-hybridized carbons (Fsp3) is 0.619. The molecule has 2 aliphatic rings. The van der Waals surface area contributed by atoms with Gasteiger partial charge in [0.05, 0.1) is 0 Å². The minimum atomic E-state index is -0.189. The molecule has 0 unspecified atom stereocenters. The van der Waals surface area contributed by atoms with E-state index in [0.717, 1.165) is 29.1 Å². The van der Waals surface area contributed by atoms with Gasteiger partial charge in [0, 0.05) is 30.2 Å². The predicted octanol–water partition coefficient (Wildman–Crippen LogP) is 5.20. The first-order valence-electron chi connectivity index (χ1n) is 9.77. The third-order valence-electron chi connectivity index (χ3n) is 5.58. The highest BCUT2D eigenvalue weighted by Gasteiger charge is 2.26. The van der Waals surface area contributed by atoms with E-state index < -0.39 is 0 Å². The fourth-order valence-electron chi connectivity index (χ4n) is 4.22. The van der Waals surface area contributed by atoms with Crippen LogP contribution < -0.4 is 5.32 Å². The summed E-state index contributed by atoms with van der Waals surface area (Å²) in [6.07, 6.45) is 11.9. The maximum atomic E-state index is 13.0. The van der Waals surface area contributed by atoms with E-state index in [0.29, 0.717) is 6.04 Å². The monoisotopic (exact) mass is 408 g/mol. The number of likely N-dealkylation sites (tertiary alicyclic amines) is 1. The van der Waals surface area contributed by atoms with Gasteiger partial charge in [-0.2, -0.15) is 0 Å². The first kappa shape index (κ1) is 19.1. The van der Waals surface area contributed by atoms with Crippen LogP contribution in [0.25, 0.3) is 6.08 Å². The second-order valence-electron chi connectivity index (χ2n) is 7.57. The highest BCUT2D eigenvalue weighted by Crippen LogP contribution is 2.27. The SMILES string of the molecule is Fc1ccc(/C=C(\Br)CNC[C@@H]2CCCN2CC2CCCCC2)cc1. The molecule has 1 saturated heterocycles. The molecule has 4 heteroatoms. The molecule has 1 aromatic rings. The number of nitrogens with zero attached hydrogens (tertiary/aromatic N) is 1. The summed E-state index contributed by atoms with van der Waals surface area (Å²) in [5.74, 6) is 0.741. The van der Waals surface area contributed by atoms with Gasteiger partial charge in [0.1, 0.15) is 5.82 Å². The van der Waals surface area contributed by atoms with Gasteiger partial charge in [-0.05, 0) is 61.9 Å². The molecular formula is C21H30BrFN2. The Bertz CT molecular complexity index is 552. The first-order valence-corrected chi connectivity index (χ1v) is 10.6. The Morgan fingerprint density at radius 1 is 1.12 bits per heavy atom. The third kappa shape index (κ3) is 6.19.